The summed E-state index contributed by atoms with van der Waals surface area (Å²) in [5.41, 5.74) is 3.66. The fraction of sp³-hybridized carbons (Fsp3) is 0.250. The molecule has 4 heterocycles. The Bertz CT molecular complexity index is 1330. The molecule has 4 aromatic rings. The Morgan fingerprint density at radius 1 is 1.27 bits per heavy atom. The Labute approximate surface area is 189 Å². The number of aromatic amines is 1. The van der Waals surface area contributed by atoms with Crippen molar-refractivity contribution < 1.29 is 14.0 Å². The molecule has 33 heavy (non-hydrogen) atoms. The third-order valence-corrected chi connectivity index (χ3v) is 5.94. The summed E-state index contributed by atoms with van der Waals surface area (Å²) in [7, 11) is 1.80. The molecule has 1 aliphatic rings. The van der Waals surface area contributed by atoms with Gasteiger partial charge in [0.25, 0.3) is 5.91 Å². The van der Waals surface area contributed by atoms with Gasteiger partial charge in [0.2, 0.25) is 5.91 Å². The van der Waals surface area contributed by atoms with E-state index in [0.717, 1.165) is 22.0 Å². The third kappa shape index (κ3) is 4.09. The second-order valence-corrected chi connectivity index (χ2v) is 8.21. The number of benzene rings is 1. The van der Waals surface area contributed by atoms with E-state index < -0.39 is 5.92 Å². The first-order valence-corrected chi connectivity index (χ1v) is 10.8. The lowest BCUT2D eigenvalue weighted by molar-refractivity contribution is -0.123. The van der Waals surface area contributed by atoms with Crippen molar-refractivity contribution in [1.29, 1.82) is 0 Å². The van der Waals surface area contributed by atoms with Crippen LogP contribution in [0.5, 0.6) is 0 Å². The Kier molecular flexibility index (Phi) is 5.37. The number of carbonyl (C=O) groups is 2. The molecule has 0 bridgehead atoms. The zero-order chi connectivity index (χ0) is 22.9. The molecule has 5 rings (SSSR count). The maximum atomic E-state index is 13.6. The van der Waals surface area contributed by atoms with Gasteiger partial charge in [0, 0.05) is 61.7 Å². The molecule has 0 fully saturated rings. The molecule has 1 aliphatic heterocycles. The zero-order valence-corrected chi connectivity index (χ0v) is 18.1. The monoisotopic (exact) mass is 446 g/mol. The standard InChI is InChI=1S/C24H23FN6O2/c1-30-12-16-13-31(24(33)21-4-2-3-8-26-21)14-19(22(16)29-30)23(32)27-9-7-15-11-28-20-6-5-17(25)10-18(15)20/h2-6,8,10-12,19,28H,7,9,13-14H2,1H3,(H,27,32)/t19-/m0/s1. The number of hydrogen-bond donors (Lipinski definition) is 2. The summed E-state index contributed by atoms with van der Waals surface area (Å²) in [6.45, 7) is 0.988. The molecule has 0 radical (unpaired) electrons. The van der Waals surface area contributed by atoms with Gasteiger partial charge >= 0.3 is 0 Å². The molecular weight excluding hydrogens is 423 g/mol. The van der Waals surface area contributed by atoms with Crippen molar-refractivity contribution in [3.05, 3.63) is 83.3 Å². The van der Waals surface area contributed by atoms with Crippen molar-refractivity contribution >= 4 is 22.7 Å². The normalized spacial score (nSPS) is 15.5. The number of H-pyrrole nitrogens is 1. The number of pyridine rings is 1. The summed E-state index contributed by atoms with van der Waals surface area (Å²) in [4.78, 5) is 35.0. The second kappa shape index (κ2) is 8.50. The van der Waals surface area contributed by atoms with Crippen molar-refractivity contribution in [3.63, 3.8) is 0 Å². The Hall–Kier alpha value is -4.01. The molecule has 0 spiro atoms. The van der Waals surface area contributed by atoms with Crippen molar-refractivity contribution in [2.24, 2.45) is 7.05 Å². The Balaban J connectivity index is 1.30. The fourth-order valence-electron chi connectivity index (χ4n) is 4.36. The highest BCUT2D eigenvalue weighted by Crippen LogP contribution is 2.28. The lowest BCUT2D eigenvalue weighted by Gasteiger charge is -2.31. The van der Waals surface area contributed by atoms with Gasteiger partial charge in [0.05, 0.1) is 11.6 Å². The summed E-state index contributed by atoms with van der Waals surface area (Å²) in [6.07, 6.45) is 5.80. The number of nitrogens with one attached hydrogen (secondary N) is 2. The molecule has 0 saturated carbocycles. The van der Waals surface area contributed by atoms with Crippen LogP contribution < -0.4 is 5.32 Å². The van der Waals surface area contributed by atoms with Crippen LogP contribution >= 0.6 is 0 Å². The number of halogens is 1. The van der Waals surface area contributed by atoms with Crippen LogP contribution in [0.3, 0.4) is 0 Å². The number of nitrogens with zero attached hydrogens (tertiary/aromatic N) is 4. The summed E-state index contributed by atoms with van der Waals surface area (Å²) in [6, 6.07) is 9.79. The molecule has 8 nitrogen and oxygen atoms in total. The number of aromatic nitrogens is 4. The van der Waals surface area contributed by atoms with Gasteiger partial charge in [-0.3, -0.25) is 19.3 Å². The van der Waals surface area contributed by atoms with E-state index >= 15 is 0 Å². The van der Waals surface area contributed by atoms with Crippen molar-refractivity contribution in [2.45, 2.75) is 18.9 Å². The second-order valence-electron chi connectivity index (χ2n) is 8.21. The third-order valence-electron chi connectivity index (χ3n) is 5.94. The van der Waals surface area contributed by atoms with E-state index in [4.69, 9.17) is 0 Å². The van der Waals surface area contributed by atoms with E-state index in [9.17, 15) is 14.0 Å². The maximum absolute atomic E-state index is 13.6. The molecule has 168 valence electrons. The number of amides is 2. The minimum atomic E-state index is -0.581. The van der Waals surface area contributed by atoms with E-state index in [1.165, 1.54) is 12.1 Å². The molecule has 2 N–H and O–H groups in total. The van der Waals surface area contributed by atoms with Crippen LogP contribution in [-0.2, 0) is 24.8 Å². The van der Waals surface area contributed by atoms with E-state index in [2.05, 4.69) is 20.4 Å². The first-order chi connectivity index (χ1) is 16.0. The smallest absolute Gasteiger partial charge is 0.272 e. The predicted octanol–water partition coefficient (Wildman–Crippen LogP) is 2.53. The Morgan fingerprint density at radius 3 is 2.97 bits per heavy atom. The number of hydrogen-bond acceptors (Lipinski definition) is 4. The summed E-state index contributed by atoms with van der Waals surface area (Å²) < 4.78 is 15.3. The molecule has 0 unspecified atom stereocenters. The molecule has 1 atom stereocenters. The quantitative estimate of drug-likeness (QED) is 0.493. The first kappa shape index (κ1) is 20.9. The molecule has 3 aromatic heterocycles. The topological polar surface area (TPSA) is 95.9 Å². The van der Waals surface area contributed by atoms with Gasteiger partial charge < -0.3 is 15.2 Å². The van der Waals surface area contributed by atoms with Gasteiger partial charge in [0.15, 0.2) is 0 Å². The van der Waals surface area contributed by atoms with Crippen molar-refractivity contribution in [3.8, 4) is 0 Å². The van der Waals surface area contributed by atoms with Crippen LogP contribution in [0.4, 0.5) is 4.39 Å². The van der Waals surface area contributed by atoms with Gasteiger partial charge in [-0.1, -0.05) is 6.07 Å². The van der Waals surface area contributed by atoms with Gasteiger partial charge in [-0.05, 0) is 42.3 Å². The van der Waals surface area contributed by atoms with Crippen LogP contribution in [0, 0.1) is 5.82 Å². The highest BCUT2D eigenvalue weighted by Gasteiger charge is 2.35. The molecule has 1 aromatic carbocycles. The van der Waals surface area contributed by atoms with Crippen molar-refractivity contribution in [2.75, 3.05) is 13.1 Å². The maximum Gasteiger partial charge on any atom is 0.272 e. The fourth-order valence-corrected chi connectivity index (χ4v) is 4.36. The van der Waals surface area contributed by atoms with Gasteiger partial charge in [0.1, 0.15) is 11.5 Å². The number of rotatable bonds is 5. The van der Waals surface area contributed by atoms with Gasteiger partial charge in [-0.2, -0.15) is 5.10 Å². The lowest BCUT2D eigenvalue weighted by Crippen LogP contribution is -2.44. The highest BCUT2D eigenvalue weighted by atomic mass is 19.1. The molecule has 0 saturated heterocycles. The predicted molar refractivity (Wildman–Crippen MR) is 120 cm³/mol. The molecule has 9 heteroatoms. The average molecular weight is 446 g/mol. The minimum absolute atomic E-state index is 0.195. The summed E-state index contributed by atoms with van der Waals surface area (Å²) >= 11 is 0. The van der Waals surface area contributed by atoms with E-state index in [0.29, 0.717) is 30.9 Å². The first-order valence-electron chi connectivity index (χ1n) is 10.8. The van der Waals surface area contributed by atoms with Gasteiger partial charge in [-0.15, -0.1) is 0 Å². The van der Waals surface area contributed by atoms with Crippen LogP contribution in [0.25, 0.3) is 10.9 Å². The molecular formula is C24H23FN6O2. The number of aryl methyl sites for hydroxylation is 1. The van der Waals surface area contributed by atoms with Crippen molar-refractivity contribution in [1.82, 2.24) is 30.0 Å². The lowest BCUT2D eigenvalue weighted by atomic mass is 9.95. The van der Waals surface area contributed by atoms with E-state index in [1.807, 2.05) is 12.4 Å². The minimum Gasteiger partial charge on any atom is -0.361 e. The highest BCUT2D eigenvalue weighted by molar-refractivity contribution is 5.93. The SMILES string of the molecule is Cn1cc2c(n1)[C@@H](C(=O)NCCc1c[nH]c3ccc(F)cc13)CN(C(=O)c1ccccn1)C2. The summed E-state index contributed by atoms with van der Waals surface area (Å²) in [5, 5.41) is 8.26. The van der Waals surface area contributed by atoms with Crippen LogP contribution in [-0.4, -0.2) is 49.6 Å². The van der Waals surface area contributed by atoms with Crippen LogP contribution in [0.2, 0.25) is 0 Å². The van der Waals surface area contributed by atoms with E-state index in [1.54, 1.807) is 47.1 Å². The molecule has 0 aliphatic carbocycles. The number of fused-ring (bicyclic) bond motifs is 2. The van der Waals surface area contributed by atoms with Crippen LogP contribution in [0.15, 0.2) is 55.0 Å². The van der Waals surface area contributed by atoms with E-state index in [-0.39, 0.29) is 24.2 Å². The van der Waals surface area contributed by atoms with Crippen LogP contribution in [0.1, 0.15) is 33.2 Å². The largest absolute Gasteiger partial charge is 0.361 e. The van der Waals surface area contributed by atoms with Gasteiger partial charge in [-0.25, -0.2) is 4.39 Å². The summed E-state index contributed by atoms with van der Waals surface area (Å²) in [5.74, 6) is -1.29. The molecule has 2 amide bonds. The average Bonchev–Trinajstić information content (AvgIpc) is 3.40. The zero-order valence-electron chi connectivity index (χ0n) is 18.1. The Morgan fingerprint density at radius 2 is 2.15 bits per heavy atom. The number of carbonyl (C=O) groups excluding carboxylic acids is 2.